The molecule has 3 aromatic carbocycles. The van der Waals surface area contributed by atoms with E-state index in [0.29, 0.717) is 25.4 Å². The Hall–Kier alpha value is -4.65. The van der Waals surface area contributed by atoms with E-state index in [1.807, 2.05) is 20.8 Å². The lowest BCUT2D eigenvalue weighted by Gasteiger charge is -2.33. The minimum Gasteiger partial charge on any atom is -0.455 e. The summed E-state index contributed by atoms with van der Waals surface area (Å²) in [4.78, 5) is 38.7. The van der Waals surface area contributed by atoms with E-state index in [1.54, 1.807) is 35.2 Å². The number of amides is 3. The van der Waals surface area contributed by atoms with Crippen molar-refractivity contribution < 1.29 is 36.7 Å². The Balaban J connectivity index is 1.25. The monoisotopic (exact) mass is 640 g/mol. The molecule has 0 bridgehead atoms. The van der Waals surface area contributed by atoms with Crippen molar-refractivity contribution in [3.8, 4) is 11.5 Å². The van der Waals surface area contributed by atoms with Gasteiger partial charge in [-0.05, 0) is 88.1 Å². The lowest BCUT2D eigenvalue weighted by Crippen LogP contribution is -2.44. The van der Waals surface area contributed by atoms with E-state index in [1.165, 1.54) is 30.3 Å². The summed E-state index contributed by atoms with van der Waals surface area (Å²) in [5.74, 6) is -0.852. The predicted molar refractivity (Wildman–Crippen MR) is 166 cm³/mol. The van der Waals surface area contributed by atoms with Crippen LogP contribution in [0.5, 0.6) is 11.5 Å². The summed E-state index contributed by atoms with van der Waals surface area (Å²) in [6.07, 6.45) is 1.09. The number of piperidine rings is 1. The summed E-state index contributed by atoms with van der Waals surface area (Å²) in [7, 11) is -4.17. The molecule has 0 saturated carbocycles. The van der Waals surface area contributed by atoms with Crippen molar-refractivity contribution in [1.82, 2.24) is 15.5 Å². The number of benzene rings is 3. The van der Waals surface area contributed by atoms with Gasteiger partial charge in [0.15, 0.2) is 5.75 Å². The van der Waals surface area contributed by atoms with Gasteiger partial charge in [-0.2, -0.15) is 0 Å². The van der Waals surface area contributed by atoms with Crippen LogP contribution >= 0.6 is 0 Å². The smallest absolute Gasteiger partial charge is 0.410 e. The van der Waals surface area contributed by atoms with Crippen LogP contribution in [0.25, 0.3) is 0 Å². The first-order valence-electron chi connectivity index (χ1n) is 14.5. The van der Waals surface area contributed by atoms with Gasteiger partial charge in [-0.1, -0.05) is 18.2 Å². The van der Waals surface area contributed by atoms with E-state index in [-0.39, 0.29) is 46.4 Å². The van der Waals surface area contributed by atoms with Gasteiger partial charge in [0.25, 0.3) is 15.9 Å². The predicted octanol–water partition coefficient (Wildman–Crippen LogP) is 4.91. The standard InChI is InChI=1S/C32H37FN4O7S/c1-32(2,3)44-31(40)37-17-15-22(16-18-37)20-34-29(38)21-35-30(39)23-9-12-26(13-10-23)45(41,42)36-27-19-24(33)11-14-28(27)43-25-7-5-4-6-8-25/h4-14,19,22,36H,15-18,20-21H2,1-3H3,(H,34,38)(H,35,39). The highest BCUT2D eigenvalue weighted by molar-refractivity contribution is 7.92. The zero-order valence-corrected chi connectivity index (χ0v) is 26.2. The number of carbonyl (C=O) groups excluding carboxylic acids is 3. The molecule has 0 radical (unpaired) electrons. The summed E-state index contributed by atoms with van der Waals surface area (Å²) in [5.41, 5.74) is -0.508. The van der Waals surface area contributed by atoms with Gasteiger partial charge in [0.05, 0.1) is 17.1 Å². The van der Waals surface area contributed by atoms with Gasteiger partial charge >= 0.3 is 6.09 Å². The highest BCUT2D eigenvalue weighted by Gasteiger charge is 2.27. The van der Waals surface area contributed by atoms with Crippen LogP contribution in [0.15, 0.2) is 77.7 Å². The zero-order chi connectivity index (χ0) is 32.6. The number of para-hydroxylation sites is 1. The number of hydrogen-bond acceptors (Lipinski definition) is 7. The van der Waals surface area contributed by atoms with E-state index in [0.717, 1.165) is 25.0 Å². The summed E-state index contributed by atoms with van der Waals surface area (Å²) in [5, 5.41) is 5.33. The van der Waals surface area contributed by atoms with Crippen molar-refractivity contribution in [2.45, 2.75) is 44.1 Å². The Labute approximate surface area is 262 Å². The molecular weight excluding hydrogens is 603 g/mol. The fraction of sp³-hybridized carbons (Fsp3) is 0.344. The lowest BCUT2D eigenvalue weighted by atomic mass is 9.97. The van der Waals surface area contributed by atoms with Crippen LogP contribution in [0.4, 0.5) is 14.9 Å². The third kappa shape index (κ3) is 9.93. The fourth-order valence-electron chi connectivity index (χ4n) is 4.51. The molecule has 4 rings (SSSR count). The van der Waals surface area contributed by atoms with Gasteiger partial charge in [0, 0.05) is 31.3 Å². The first-order chi connectivity index (χ1) is 21.3. The molecular formula is C32H37FN4O7S. The van der Waals surface area contributed by atoms with Crippen LogP contribution in [0.1, 0.15) is 44.0 Å². The Morgan fingerprint density at radius 1 is 0.933 bits per heavy atom. The molecule has 0 aromatic heterocycles. The fourth-order valence-corrected chi connectivity index (χ4v) is 5.57. The van der Waals surface area contributed by atoms with Crippen molar-refractivity contribution in [2.75, 3.05) is 30.9 Å². The molecule has 3 aromatic rings. The first-order valence-corrected chi connectivity index (χ1v) is 16.0. The van der Waals surface area contributed by atoms with E-state index >= 15 is 0 Å². The van der Waals surface area contributed by atoms with Gasteiger partial charge in [-0.15, -0.1) is 0 Å². The number of nitrogens with one attached hydrogen (secondary N) is 3. The van der Waals surface area contributed by atoms with Crippen LogP contribution in [0.3, 0.4) is 0 Å². The number of anilines is 1. The maximum Gasteiger partial charge on any atom is 0.410 e. The second-order valence-corrected chi connectivity index (χ2v) is 13.3. The molecule has 13 heteroatoms. The van der Waals surface area contributed by atoms with Crippen LogP contribution in [-0.2, 0) is 19.6 Å². The molecule has 0 aliphatic carbocycles. The topological polar surface area (TPSA) is 143 Å². The molecule has 1 heterocycles. The number of likely N-dealkylation sites (tertiary alicyclic amines) is 1. The van der Waals surface area contributed by atoms with E-state index in [2.05, 4.69) is 15.4 Å². The van der Waals surface area contributed by atoms with Gasteiger partial charge in [-0.3, -0.25) is 14.3 Å². The number of rotatable bonds is 10. The quantitative estimate of drug-likeness (QED) is 0.286. The molecule has 1 aliphatic rings. The molecule has 3 amide bonds. The average molecular weight is 641 g/mol. The van der Waals surface area contributed by atoms with Gasteiger partial charge < -0.3 is 25.0 Å². The molecule has 11 nitrogen and oxygen atoms in total. The van der Waals surface area contributed by atoms with Crippen LogP contribution in [-0.4, -0.2) is 63.0 Å². The van der Waals surface area contributed by atoms with E-state index < -0.39 is 27.3 Å². The number of ether oxygens (including phenoxy) is 2. The largest absolute Gasteiger partial charge is 0.455 e. The molecule has 1 aliphatic heterocycles. The highest BCUT2D eigenvalue weighted by Crippen LogP contribution is 2.32. The van der Waals surface area contributed by atoms with Gasteiger partial charge in [0.2, 0.25) is 5.91 Å². The lowest BCUT2D eigenvalue weighted by molar-refractivity contribution is -0.120. The van der Waals surface area contributed by atoms with Crippen molar-refractivity contribution in [3.63, 3.8) is 0 Å². The van der Waals surface area contributed by atoms with Crippen molar-refractivity contribution in [3.05, 3.63) is 84.2 Å². The second kappa shape index (κ2) is 14.4. The van der Waals surface area contributed by atoms with E-state index in [4.69, 9.17) is 9.47 Å². The maximum atomic E-state index is 14.0. The average Bonchev–Trinajstić information content (AvgIpc) is 3.00. The van der Waals surface area contributed by atoms with E-state index in [9.17, 15) is 27.2 Å². The Morgan fingerprint density at radius 3 is 2.24 bits per heavy atom. The number of sulfonamides is 1. The Bertz CT molecular complexity index is 1600. The molecule has 45 heavy (non-hydrogen) atoms. The number of hydrogen-bond donors (Lipinski definition) is 3. The second-order valence-electron chi connectivity index (χ2n) is 11.6. The van der Waals surface area contributed by atoms with Crippen molar-refractivity contribution in [1.29, 1.82) is 0 Å². The summed E-state index contributed by atoms with van der Waals surface area (Å²) < 4.78 is 53.6. The van der Waals surface area contributed by atoms with Crippen LogP contribution in [0, 0.1) is 11.7 Å². The molecule has 240 valence electrons. The molecule has 1 fully saturated rings. The normalized spacial score (nSPS) is 13.9. The molecule has 1 saturated heterocycles. The zero-order valence-electron chi connectivity index (χ0n) is 25.3. The molecule has 0 atom stereocenters. The van der Waals surface area contributed by atoms with Gasteiger partial charge in [0.1, 0.15) is 17.2 Å². The third-order valence-corrected chi connectivity index (χ3v) is 8.23. The Morgan fingerprint density at radius 2 is 1.60 bits per heavy atom. The van der Waals surface area contributed by atoms with Gasteiger partial charge in [-0.25, -0.2) is 17.6 Å². The molecule has 0 spiro atoms. The SMILES string of the molecule is CC(C)(C)OC(=O)N1CCC(CNC(=O)CNC(=O)c2ccc(S(=O)(=O)Nc3cc(F)ccc3Oc3ccccc3)cc2)CC1. The number of halogens is 1. The van der Waals surface area contributed by atoms with Crippen molar-refractivity contribution >= 4 is 33.6 Å². The number of carbonyl (C=O) groups is 3. The molecule has 3 N–H and O–H groups in total. The maximum absolute atomic E-state index is 14.0. The summed E-state index contributed by atoms with van der Waals surface area (Å²) >= 11 is 0. The Kier molecular flexibility index (Phi) is 10.7. The highest BCUT2D eigenvalue weighted by atomic mass is 32.2. The van der Waals surface area contributed by atoms with Crippen LogP contribution in [0.2, 0.25) is 0 Å². The summed E-state index contributed by atoms with van der Waals surface area (Å²) in [6.45, 7) is 6.69. The summed E-state index contributed by atoms with van der Waals surface area (Å²) in [6, 6.07) is 17.2. The minimum atomic E-state index is -4.17. The van der Waals surface area contributed by atoms with Crippen LogP contribution < -0.4 is 20.1 Å². The molecule has 0 unspecified atom stereocenters. The number of nitrogens with zero attached hydrogens (tertiary/aromatic N) is 1. The first kappa shape index (κ1) is 33.2. The third-order valence-electron chi connectivity index (χ3n) is 6.85. The van der Waals surface area contributed by atoms with Crippen molar-refractivity contribution in [2.24, 2.45) is 5.92 Å². The minimum absolute atomic E-state index is 0.0970.